The van der Waals surface area contributed by atoms with Crippen LogP contribution < -0.4 is 5.32 Å². The van der Waals surface area contributed by atoms with E-state index >= 15 is 0 Å². The van der Waals surface area contributed by atoms with Crippen LogP contribution in [-0.2, 0) is 12.8 Å². The SMILES string of the molecule is O/N=C(\Cc1ccc(F)c(Cl)c1)c1ccnc2c1CC(=NCCCC(F)(F)F)N2. The van der Waals surface area contributed by atoms with E-state index in [1.165, 1.54) is 18.3 Å². The molecular weight excluding hydrogens is 412 g/mol. The van der Waals surface area contributed by atoms with Gasteiger partial charge in [-0.25, -0.2) is 9.37 Å². The first-order chi connectivity index (χ1) is 13.8. The normalized spacial score (nSPS) is 15.5. The zero-order valence-electron chi connectivity index (χ0n) is 15.1. The maximum atomic E-state index is 13.4. The van der Waals surface area contributed by atoms with Gasteiger partial charge < -0.3 is 10.5 Å². The van der Waals surface area contributed by atoms with E-state index in [-0.39, 0.29) is 24.4 Å². The van der Waals surface area contributed by atoms with E-state index in [9.17, 15) is 22.8 Å². The Kier molecular flexibility index (Phi) is 6.36. The Morgan fingerprint density at radius 2 is 2.07 bits per heavy atom. The van der Waals surface area contributed by atoms with Crippen molar-refractivity contribution in [1.29, 1.82) is 0 Å². The van der Waals surface area contributed by atoms with Crippen molar-refractivity contribution in [3.05, 3.63) is 58.0 Å². The lowest BCUT2D eigenvalue weighted by Crippen LogP contribution is -2.11. The Labute approximate surface area is 169 Å². The second-order valence-corrected chi connectivity index (χ2v) is 6.91. The first-order valence-corrected chi connectivity index (χ1v) is 9.15. The molecule has 3 rings (SSSR count). The number of nitrogens with one attached hydrogen (secondary N) is 1. The zero-order chi connectivity index (χ0) is 21.0. The van der Waals surface area contributed by atoms with Crippen molar-refractivity contribution in [1.82, 2.24) is 4.98 Å². The summed E-state index contributed by atoms with van der Waals surface area (Å²) in [6, 6.07) is 5.90. The van der Waals surface area contributed by atoms with Crippen LogP contribution in [0.1, 0.15) is 29.5 Å². The highest BCUT2D eigenvalue weighted by Crippen LogP contribution is 2.27. The molecule has 2 N–H and O–H groups in total. The number of halogens is 5. The van der Waals surface area contributed by atoms with E-state index in [1.807, 2.05) is 0 Å². The fraction of sp³-hybridized carbons (Fsp3) is 0.316. The third-order valence-corrected chi connectivity index (χ3v) is 4.66. The number of hydrogen-bond donors (Lipinski definition) is 2. The maximum absolute atomic E-state index is 13.4. The largest absolute Gasteiger partial charge is 0.411 e. The summed E-state index contributed by atoms with van der Waals surface area (Å²) in [5.41, 5.74) is 2.32. The van der Waals surface area contributed by atoms with Crippen molar-refractivity contribution in [2.75, 3.05) is 11.9 Å². The number of amidine groups is 1. The van der Waals surface area contributed by atoms with E-state index < -0.39 is 18.4 Å². The van der Waals surface area contributed by atoms with Crippen LogP contribution in [-0.4, -0.2) is 34.5 Å². The number of hydrogen-bond acceptors (Lipinski definition) is 4. The molecule has 2 aromatic rings. The first-order valence-electron chi connectivity index (χ1n) is 8.77. The molecule has 0 unspecified atom stereocenters. The molecule has 29 heavy (non-hydrogen) atoms. The minimum absolute atomic E-state index is 0.0327. The lowest BCUT2D eigenvalue weighted by atomic mass is 9.98. The van der Waals surface area contributed by atoms with Gasteiger partial charge in [0.15, 0.2) is 0 Å². The second kappa shape index (κ2) is 8.77. The van der Waals surface area contributed by atoms with Crippen molar-refractivity contribution in [3.63, 3.8) is 0 Å². The van der Waals surface area contributed by atoms with Gasteiger partial charge in [-0.1, -0.05) is 22.8 Å². The van der Waals surface area contributed by atoms with Crippen LogP contribution in [0.15, 0.2) is 40.6 Å². The zero-order valence-corrected chi connectivity index (χ0v) is 15.9. The molecule has 0 fully saturated rings. The fourth-order valence-corrected chi connectivity index (χ4v) is 3.22. The van der Waals surface area contributed by atoms with E-state index in [4.69, 9.17) is 11.6 Å². The molecule has 10 heteroatoms. The number of anilines is 1. The number of nitrogens with zero attached hydrogens (tertiary/aromatic N) is 3. The predicted molar refractivity (Wildman–Crippen MR) is 103 cm³/mol. The van der Waals surface area contributed by atoms with Crippen LogP contribution in [0.2, 0.25) is 5.02 Å². The number of alkyl halides is 3. The van der Waals surface area contributed by atoms with E-state index in [1.54, 1.807) is 12.1 Å². The van der Waals surface area contributed by atoms with Crippen molar-refractivity contribution in [2.24, 2.45) is 10.1 Å². The minimum Gasteiger partial charge on any atom is -0.411 e. The van der Waals surface area contributed by atoms with Crippen molar-refractivity contribution in [2.45, 2.75) is 31.9 Å². The van der Waals surface area contributed by atoms with Crippen LogP contribution in [0.4, 0.5) is 23.4 Å². The minimum atomic E-state index is -4.20. The summed E-state index contributed by atoms with van der Waals surface area (Å²) < 4.78 is 50.1. The molecule has 0 saturated carbocycles. The third-order valence-electron chi connectivity index (χ3n) is 4.37. The number of fused-ring (bicyclic) bond motifs is 1. The monoisotopic (exact) mass is 428 g/mol. The molecule has 0 atom stereocenters. The summed E-state index contributed by atoms with van der Waals surface area (Å²) in [7, 11) is 0. The number of aromatic nitrogens is 1. The molecule has 2 heterocycles. The van der Waals surface area contributed by atoms with Gasteiger partial charge in [0.1, 0.15) is 17.5 Å². The molecule has 5 nitrogen and oxygen atoms in total. The second-order valence-electron chi connectivity index (χ2n) is 6.51. The van der Waals surface area contributed by atoms with Crippen molar-refractivity contribution in [3.8, 4) is 0 Å². The standard InChI is InChI=1S/C19H17ClF4N4O/c20-14-8-11(2-3-15(14)21)9-16(28-29)12-4-7-26-18-13(12)10-17(27-18)25-6-1-5-19(22,23)24/h2-4,7-8,29H,1,5-6,9-10H2,(H,25,26,27)/b28-16+. The van der Waals surface area contributed by atoms with Gasteiger partial charge in [-0.3, -0.25) is 4.99 Å². The molecule has 1 aromatic heterocycles. The summed E-state index contributed by atoms with van der Waals surface area (Å²) >= 11 is 5.80. The molecule has 0 saturated heterocycles. The molecule has 0 radical (unpaired) electrons. The Bertz CT molecular complexity index is 960. The fourth-order valence-electron chi connectivity index (χ4n) is 3.01. The highest BCUT2D eigenvalue weighted by Gasteiger charge is 2.26. The molecule has 1 aromatic carbocycles. The number of benzene rings is 1. The van der Waals surface area contributed by atoms with Gasteiger partial charge in [0, 0.05) is 43.1 Å². The van der Waals surface area contributed by atoms with Crippen LogP contribution in [0, 0.1) is 5.82 Å². The average molecular weight is 429 g/mol. The van der Waals surface area contributed by atoms with Crippen LogP contribution >= 0.6 is 11.6 Å². The van der Waals surface area contributed by atoms with Crippen molar-refractivity contribution < 1.29 is 22.8 Å². The van der Waals surface area contributed by atoms with Crippen LogP contribution in [0.3, 0.4) is 0 Å². The molecule has 0 bridgehead atoms. The Morgan fingerprint density at radius 3 is 2.76 bits per heavy atom. The number of pyridine rings is 1. The Morgan fingerprint density at radius 1 is 1.28 bits per heavy atom. The highest BCUT2D eigenvalue weighted by molar-refractivity contribution is 6.30. The summed E-state index contributed by atoms with van der Waals surface area (Å²) in [6.45, 7) is 0.0419. The number of aliphatic imine (C=N–C) groups is 1. The smallest absolute Gasteiger partial charge is 0.389 e. The molecule has 154 valence electrons. The molecule has 1 aliphatic heterocycles. The predicted octanol–water partition coefficient (Wildman–Crippen LogP) is 5.00. The topological polar surface area (TPSA) is 69.9 Å². The lowest BCUT2D eigenvalue weighted by molar-refractivity contribution is -0.134. The molecule has 0 amide bonds. The summed E-state index contributed by atoms with van der Waals surface area (Å²) in [5.74, 6) is 0.470. The number of rotatable bonds is 6. The van der Waals surface area contributed by atoms with Gasteiger partial charge >= 0.3 is 6.18 Å². The van der Waals surface area contributed by atoms with Gasteiger partial charge in [-0.05, 0) is 30.2 Å². The van der Waals surface area contributed by atoms with E-state index in [0.717, 1.165) is 5.56 Å². The Balaban J connectivity index is 1.74. The maximum Gasteiger partial charge on any atom is 0.389 e. The van der Waals surface area contributed by atoms with E-state index in [2.05, 4.69) is 20.4 Å². The van der Waals surface area contributed by atoms with Gasteiger partial charge in [0.05, 0.1) is 10.7 Å². The van der Waals surface area contributed by atoms with Crippen molar-refractivity contribution >= 4 is 29.0 Å². The molecule has 0 spiro atoms. The number of oxime groups is 1. The Hall–Kier alpha value is -2.68. The van der Waals surface area contributed by atoms with E-state index in [0.29, 0.717) is 34.9 Å². The highest BCUT2D eigenvalue weighted by atomic mass is 35.5. The van der Waals surface area contributed by atoms with Gasteiger partial charge in [-0.15, -0.1) is 0 Å². The summed E-state index contributed by atoms with van der Waals surface area (Å²) in [5, 5.41) is 15.8. The van der Waals surface area contributed by atoms with Gasteiger partial charge in [-0.2, -0.15) is 13.2 Å². The molecule has 0 aliphatic carbocycles. The van der Waals surface area contributed by atoms with Gasteiger partial charge in [0.25, 0.3) is 0 Å². The lowest BCUT2D eigenvalue weighted by Gasteiger charge is -2.09. The van der Waals surface area contributed by atoms with Gasteiger partial charge in [0.2, 0.25) is 0 Å². The third kappa shape index (κ3) is 5.44. The molecule has 1 aliphatic rings. The summed E-state index contributed by atoms with van der Waals surface area (Å²) in [4.78, 5) is 8.38. The summed E-state index contributed by atoms with van der Waals surface area (Å²) in [6.07, 6.45) is -3.13. The van der Waals surface area contributed by atoms with Crippen LogP contribution in [0.25, 0.3) is 0 Å². The molecular formula is C19H17ClF4N4O. The quantitative estimate of drug-likeness (QED) is 0.223. The van der Waals surface area contributed by atoms with Crippen LogP contribution in [0.5, 0.6) is 0 Å². The average Bonchev–Trinajstić information content (AvgIpc) is 3.08. The first kappa shape index (κ1) is 21.0.